The van der Waals surface area contributed by atoms with E-state index in [-0.39, 0.29) is 51.5 Å². The van der Waals surface area contributed by atoms with Crippen molar-refractivity contribution in [2.24, 2.45) is 17.2 Å². The van der Waals surface area contributed by atoms with Gasteiger partial charge in [-0.05, 0) is 126 Å². The average Bonchev–Trinajstić information content (AvgIpc) is 0.813. The molecule has 0 bridgehead atoms. The van der Waals surface area contributed by atoms with Crippen LogP contribution >= 0.6 is 0 Å². The van der Waals surface area contributed by atoms with Gasteiger partial charge in [-0.25, -0.2) is 0 Å². The van der Waals surface area contributed by atoms with E-state index in [1.54, 1.807) is 244 Å². The first kappa shape index (κ1) is 102. The summed E-state index contributed by atoms with van der Waals surface area (Å²) in [5.74, 6) is -9.69. The number of methoxy groups -OCH3 is 1. The van der Waals surface area contributed by atoms with Gasteiger partial charge < -0.3 is 86.3 Å². The molecule has 692 valence electrons. The smallest absolute Gasteiger partial charge is 0.305 e. The monoisotopic (exact) mass is 1780 g/mol. The fourth-order valence-electron chi connectivity index (χ4n) is 15.6. The zero-order valence-corrected chi connectivity index (χ0v) is 76.1. The number of nitrogens with one attached hydrogen (secondary N) is 1. The Morgan fingerprint density at radius 2 is 0.477 bits per heavy atom. The number of primary amides is 1. The predicted octanol–water partition coefficient (Wildman–Crippen LogP) is 9.08. The lowest BCUT2D eigenvalue weighted by molar-refractivity contribution is -0.152. The topological polar surface area (TPSA) is 377 Å². The molecule has 0 aliphatic heterocycles. The van der Waals surface area contributed by atoms with E-state index in [0.717, 1.165) is 10.5 Å². The van der Waals surface area contributed by atoms with Crippen LogP contribution in [0.2, 0.25) is 0 Å². The van der Waals surface area contributed by atoms with Crippen molar-refractivity contribution >= 4 is 76.9 Å². The molecule has 0 fully saturated rings. The molecule has 30 heteroatoms. The molecule has 0 aliphatic carbocycles. The molecule has 12 amide bonds. The number of carboxylic acids is 1. The lowest BCUT2D eigenvalue weighted by Gasteiger charge is -2.38. The average molecular weight is 1780 g/mol. The van der Waals surface area contributed by atoms with Gasteiger partial charge in [-0.2, -0.15) is 0 Å². The first-order valence-electron chi connectivity index (χ1n) is 44.1. The minimum absolute atomic E-state index is 0.0675. The maximum Gasteiger partial charge on any atom is 0.305 e. The second-order valence-electron chi connectivity index (χ2n) is 32.4. The maximum atomic E-state index is 15.9. The van der Waals surface area contributed by atoms with Crippen LogP contribution in [0.3, 0.4) is 0 Å². The van der Waals surface area contributed by atoms with Gasteiger partial charge in [-0.15, -0.1) is 0 Å². The highest BCUT2D eigenvalue weighted by Gasteiger charge is 2.40. The molecule has 8 atom stereocenters. The van der Waals surface area contributed by atoms with Crippen molar-refractivity contribution in [1.29, 1.82) is 0 Å². The Kier molecular flexibility index (Phi) is 41.0. The molecule has 130 heavy (non-hydrogen) atoms. The van der Waals surface area contributed by atoms with Crippen molar-refractivity contribution < 1.29 is 72.2 Å². The first-order chi connectivity index (χ1) is 62.5. The van der Waals surface area contributed by atoms with Crippen molar-refractivity contribution in [2.45, 2.75) is 123 Å². The van der Waals surface area contributed by atoms with Gasteiger partial charge in [0.05, 0.1) is 94.1 Å². The van der Waals surface area contributed by atoms with Gasteiger partial charge in [0.15, 0.2) is 0 Å². The van der Waals surface area contributed by atoms with Crippen LogP contribution in [0.15, 0.2) is 243 Å². The molecule has 30 nitrogen and oxygen atoms in total. The van der Waals surface area contributed by atoms with Crippen molar-refractivity contribution in [3.8, 4) is 0 Å². The molecular weight excluding hydrogens is 1650 g/mol. The van der Waals surface area contributed by atoms with Crippen molar-refractivity contribution in [3.63, 3.8) is 0 Å². The van der Waals surface area contributed by atoms with Crippen LogP contribution in [0.1, 0.15) is 167 Å². The molecule has 0 aromatic heterocycles. The normalized spacial score (nSPS) is 12.9. The molecule has 0 radical (unpaired) electrons. The zero-order valence-electron chi connectivity index (χ0n) is 76.1. The van der Waals surface area contributed by atoms with Gasteiger partial charge in [-0.1, -0.05) is 243 Å². The lowest BCUT2D eigenvalue weighted by atomic mass is 10.0. The number of carbonyl (C=O) groups excluding carboxylic acids is 12. The third-order valence-corrected chi connectivity index (χ3v) is 23.7. The fourth-order valence-corrected chi connectivity index (χ4v) is 15.6. The van der Waals surface area contributed by atoms with E-state index >= 15 is 43.2 Å². The summed E-state index contributed by atoms with van der Waals surface area (Å²) in [6, 6.07) is 64.8. The molecule has 8 rings (SSSR count). The highest BCUT2D eigenvalue weighted by molar-refractivity contribution is 5.96. The number of amides is 12. The van der Waals surface area contributed by atoms with Crippen molar-refractivity contribution in [1.82, 2.24) is 59.2 Å². The second-order valence-corrected chi connectivity index (χ2v) is 32.4. The zero-order chi connectivity index (χ0) is 94.3. The lowest BCUT2D eigenvalue weighted by Crippen LogP contribution is -2.54. The molecule has 8 aromatic rings. The van der Waals surface area contributed by atoms with Gasteiger partial charge >= 0.3 is 5.97 Å². The van der Waals surface area contributed by atoms with Crippen LogP contribution in [0, 0.1) is 0 Å². The molecule has 0 saturated carbocycles. The van der Waals surface area contributed by atoms with Crippen molar-refractivity contribution in [2.75, 3.05) is 132 Å². The molecule has 0 heterocycles. The summed E-state index contributed by atoms with van der Waals surface area (Å²) in [5.41, 5.74) is 23.1. The largest absolute Gasteiger partial charge is 0.481 e. The summed E-state index contributed by atoms with van der Waals surface area (Å²) in [6.45, 7) is 6.82. The summed E-state index contributed by atoms with van der Waals surface area (Å²) < 4.78 is 5.20. The Morgan fingerprint density at radius 3 is 0.677 bits per heavy atom. The van der Waals surface area contributed by atoms with Gasteiger partial charge in [0, 0.05) is 33.3 Å². The molecule has 0 unspecified atom stereocenters. The van der Waals surface area contributed by atoms with Crippen LogP contribution in [0.4, 0.5) is 0 Å². The number of hydrogen-bond acceptors (Lipinski definition) is 17. The second kappa shape index (κ2) is 52.2. The highest BCUT2D eigenvalue weighted by atomic mass is 16.5. The Labute approximate surface area is 763 Å². The fraction of sp³-hybridized carbons (Fsp3) is 0.390. The number of rotatable bonds is 52. The van der Waals surface area contributed by atoms with E-state index in [2.05, 4.69) is 5.32 Å². The Bertz CT molecular complexity index is 4920. The summed E-state index contributed by atoms with van der Waals surface area (Å²) in [7, 11) is 1.54. The number of carboxylic acid groups (broad SMARTS) is 1. The molecule has 0 spiro atoms. The molecule has 0 aliphatic rings. The van der Waals surface area contributed by atoms with Gasteiger partial charge in [-0.3, -0.25) is 62.3 Å². The van der Waals surface area contributed by atoms with Gasteiger partial charge in [0.25, 0.3) is 0 Å². The van der Waals surface area contributed by atoms with E-state index < -0.39 is 204 Å². The Balaban J connectivity index is 1.11. The number of carbonyl (C=O) groups is 13. The number of nitrogens with zero attached hydrogens (tertiary/aromatic N) is 11. The van der Waals surface area contributed by atoms with Gasteiger partial charge in [0.1, 0.15) is 45.8 Å². The van der Waals surface area contributed by atoms with E-state index in [9.17, 15) is 24.3 Å². The summed E-state index contributed by atoms with van der Waals surface area (Å²) in [6.07, 6.45) is -0.279. The van der Waals surface area contributed by atoms with Crippen LogP contribution < -0.4 is 22.5 Å². The highest BCUT2D eigenvalue weighted by Crippen LogP contribution is 2.31. The molecular formula is C100H127N15O15. The molecule has 8 N–H and O–H groups in total. The number of aliphatic carboxylic acids is 1. The van der Waals surface area contributed by atoms with Crippen molar-refractivity contribution in [3.05, 3.63) is 287 Å². The molecule has 8 aromatic carbocycles. The van der Waals surface area contributed by atoms with Crippen LogP contribution in [-0.2, 0) is 67.1 Å². The number of hydrogen-bond donors (Lipinski definition) is 5. The van der Waals surface area contributed by atoms with E-state index in [1.165, 1.54) is 49.0 Å². The predicted molar refractivity (Wildman–Crippen MR) is 496 cm³/mol. The number of ether oxygens (including phenoxy) is 1. The third-order valence-electron chi connectivity index (χ3n) is 23.7. The number of benzene rings is 8. The number of nitrogens with two attached hydrogens (primary N) is 3. The minimum atomic E-state index is -1.34. The summed E-state index contributed by atoms with van der Waals surface area (Å²) in [4.78, 5) is 209. The quantitative estimate of drug-likeness (QED) is 0.0222. The first-order valence-corrected chi connectivity index (χ1v) is 44.1. The van der Waals surface area contributed by atoms with E-state index in [1.807, 2.05) is 61.5 Å². The minimum Gasteiger partial charge on any atom is -0.481 e. The summed E-state index contributed by atoms with van der Waals surface area (Å²) in [5, 5.41) is 13.5. The Morgan fingerprint density at radius 1 is 0.285 bits per heavy atom. The van der Waals surface area contributed by atoms with Gasteiger partial charge in [0.2, 0.25) is 70.9 Å². The van der Waals surface area contributed by atoms with E-state index in [0.29, 0.717) is 52.1 Å². The van der Waals surface area contributed by atoms with Crippen LogP contribution in [0.5, 0.6) is 0 Å². The van der Waals surface area contributed by atoms with E-state index in [4.69, 9.17) is 21.9 Å². The van der Waals surface area contributed by atoms with Crippen LogP contribution in [-0.4, -0.2) is 267 Å². The maximum absolute atomic E-state index is 15.9. The standard InChI is InChI=1S/C100H127N15O15/c1-72(80-36-18-10-19-37-80)108(61-88(103)116)96(124)69-113(77(6)85-46-28-15-29-47-85)93(121)62-105(56-34-53-101)91(119)66-111(75(4)83-42-24-13-25-43-83)98(126)71-115(79(8)87-50-32-17-33-51-87)95(123)64-107(58-52-100(128)129)92(120)67-112(76(5)84-44-26-14-27-45-84)99(127)70-114(78(7)86-48-30-16-31-49-86)94(122)63-106(57-35-54-102)90(118)65-110(74(3)82-40-22-12-23-41-82)97(125)68-109(89(117)60-104-55-59-130-9)73(2)81-38-20-11-21-39-81/h10-33,36-51,72-79,104H,34-35,52-71,101-102H2,1-9H3,(H2,103,116)(H,128,129)/t72-,73-,74-,75-,76-,77-,78-,79-/m0/s1. The Hall–Kier alpha value is -13.3. The third kappa shape index (κ3) is 30.2. The van der Waals surface area contributed by atoms with Crippen LogP contribution in [0.25, 0.3) is 0 Å². The SMILES string of the molecule is COCCNCC(=O)N(CC(=O)N(CC(=O)N(CCCN)CC(=O)N(CC(=O)N(CC(=O)N(CCC(=O)O)CC(=O)N(CC(=O)N(CC(=O)N(CCCN)CC(=O)N(CC(=O)N(CC(N)=O)[C@@H](C)c1ccccc1)[C@@H](C)c1ccccc1)[C@@H](C)c1ccccc1)[C@@H](C)c1ccccc1)[C@@H](C)c1ccccc1)[C@@H](C)c1ccccc1)[C@@H](C)c1ccccc1)[C@@H](C)c1ccccc1. The summed E-state index contributed by atoms with van der Waals surface area (Å²) >= 11 is 0. The molecule has 0 saturated heterocycles.